The van der Waals surface area contributed by atoms with Crippen molar-refractivity contribution in [1.82, 2.24) is 15.0 Å². The van der Waals surface area contributed by atoms with Crippen LogP contribution in [-0.2, 0) is 22.6 Å². The molecule has 1 aromatic carbocycles. The Morgan fingerprint density at radius 2 is 2.10 bits per heavy atom. The summed E-state index contributed by atoms with van der Waals surface area (Å²) in [7, 11) is 2.80. The van der Waals surface area contributed by atoms with Gasteiger partial charge in [-0.15, -0.1) is 5.10 Å². The molecular weight excluding hydrogens is 317 g/mol. The van der Waals surface area contributed by atoms with Crippen LogP contribution in [0.2, 0.25) is 10.0 Å². The van der Waals surface area contributed by atoms with Gasteiger partial charge in [0.15, 0.2) is 5.69 Å². The summed E-state index contributed by atoms with van der Waals surface area (Å²) in [4.78, 5) is 11.7. The molecule has 6 nitrogen and oxygen atoms in total. The van der Waals surface area contributed by atoms with Crippen molar-refractivity contribution in [2.75, 3.05) is 14.2 Å². The van der Waals surface area contributed by atoms with Crippen LogP contribution in [0.1, 0.15) is 21.7 Å². The van der Waals surface area contributed by atoms with Crippen LogP contribution in [0.3, 0.4) is 0 Å². The van der Waals surface area contributed by atoms with Crippen LogP contribution in [0.25, 0.3) is 0 Å². The van der Waals surface area contributed by atoms with E-state index in [0.717, 1.165) is 5.56 Å². The van der Waals surface area contributed by atoms with E-state index >= 15 is 0 Å². The lowest BCUT2D eigenvalue weighted by Crippen LogP contribution is -2.11. The van der Waals surface area contributed by atoms with Gasteiger partial charge in [-0.2, -0.15) is 0 Å². The number of hydrogen-bond donors (Lipinski definition) is 0. The second-order valence-corrected chi connectivity index (χ2v) is 4.97. The smallest absolute Gasteiger partial charge is 0.360 e. The maximum absolute atomic E-state index is 11.7. The zero-order valence-electron chi connectivity index (χ0n) is 11.5. The number of nitrogens with zero attached hydrogens (tertiary/aromatic N) is 3. The van der Waals surface area contributed by atoms with Crippen molar-refractivity contribution in [3.63, 3.8) is 0 Å². The first-order chi connectivity index (χ1) is 10.1. The highest BCUT2D eigenvalue weighted by Crippen LogP contribution is 2.26. The number of esters is 1. The molecule has 0 fully saturated rings. The number of benzene rings is 1. The minimum absolute atomic E-state index is 0.123. The standard InChI is InChI=1S/C13H13Cl2N3O3/c1-20-7-10-12(13(19)21-2)16-17-18(10)6-8-4-3-5-9(14)11(8)15/h3-5H,6-7H2,1-2H3. The molecule has 0 aliphatic heterocycles. The Bertz CT molecular complexity index is 658. The minimum atomic E-state index is -0.564. The maximum Gasteiger partial charge on any atom is 0.360 e. The molecule has 0 saturated heterocycles. The minimum Gasteiger partial charge on any atom is -0.464 e. The average Bonchev–Trinajstić information content (AvgIpc) is 2.86. The summed E-state index contributed by atoms with van der Waals surface area (Å²) >= 11 is 12.1. The number of carbonyl (C=O) groups is 1. The molecule has 0 aliphatic carbocycles. The molecule has 0 saturated carbocycles. The number of aromatic nitrogens is 3. The number of halogens is 2. The quantitative estimate of drug-likeness (QED) is 0.788. The molecule has 0 aliphatic rings. The molecule has 0 N–H and O–H groups in total. The van der Waals surface area contributed by atoms with Gasteiger partial charge in [0.1, 0.15) is 0 Å². The zero-order valence-corrected chi connectivity index (χ0v) is 13.0. The van der Waals surface area contributed by atoms with E-state index in [1.54, 1.807) is 12.1 Å². The van der Waals surface area contributed by atoms with Gasteiger partial charge in [0.25, 0.3) is 0 Å². The Kier molecular flexibility index (Phi) is 5.17. The molecule has 0 unspecified atom stereocenters. The molecule has 0 spiro atoms. The Hall–Kier alpha value is -1.63. The summed E-state index contributed by atoms with van der Waals surface area (Å²) in [5, 5.41) is 8.69. The van der Waals surface area contributed by atoms with E-state index in [1.807, 2.05) is 6.07 Å². The second-order valence-electron chi connectivity index (χ2n) is 4.18. The monoisotopic (exact) mass is 329 g/mol. The van der Waals surface area contributed by atoms with E-state index in [9.17, 15) is 4.79 Å². The fourth-order valence-corrected chi connectivity index (χ4v) is 2.21. The topological polar surface area (TPSA) is 66.2 Å². The summed E-state index contributed by atoms with van der Waals surface area (Å²) in [5.74, 6) is -0.564. The number of carbonyl (C=O) groups excluding carboxylic acids is 1. The SMILES string of the molecule is COCc1c(C(=O)OC)nnn1Cc1cccc(Cl)c1Cl. The number of hydrogen-bond acceptors (Lipinski definition) is 5. The molecule has 0 amide bonds. The zero-order chi connectivity index (χ0) is 15.4. The summed E-state index contributed by atoms with van der Waals surface area (Å²) in [6.45, 7) is 0.498. The molecule has 1 aromatic heterocycles. The predicted molar refractivity (Wildman–Crippen MR) is 77.6 cm³/mol. The first-order valence-electron chi connectivity index (χ1n) is 6.01. The van der Waals surface area contributed by atoms with E-state index in [1.165, 1.54) is 18.9 Å². The van der Waals surface area contributed by atoms with E-state index in [0.29, 0.717) is 22.3 Å². The summed E-state index contributed by atoms with van der Waals surface area (Å²) in [5.41, 5.74) is 1.40. The molecule has 1 heterocycles. The van der Waals surface area contributed by atoms with Crippen LogP contribution in [0.15, 0.2) is 18.2 Å². The lowest BCUT2D eigenvalue weighted by Gasteiger charge is -2.09. The predicted octanol–water partition coefficient (Wildman–Crippen LogP) is 2.57. The Morgan fingerprint density at radius 3 is 2.76 bits per heavy atom. The van der Waals surface area contributed by atoms with Gasteiger partial charge in [-0.3, -0.25) is 0 Å². The molecular formula is C13H13Cl2N3O3. The molecule has 0 bridgehead atoms. The third-order valence-corrected chi connectivity index (χ3v) is 3.71. The van der Waals surface area contributed by atoms with Crippen LogP contribution < -0.4 is 0 Å². The van der Waals surface area contributed by atoms with Crippen LogP contribution in [-0.4, -0.2) is 35.2 Å². The van der Waals surface area contributed by atoms with Crippen LogP contribution >= 0.6 is 23.2 Å². The second kappa shape index (κ2) is 6.89. The van der Waals surface area contributed by atoms with Crippen molar-refractivity contribution in [2.45, 2.75) is 13.2 Å². The van der Waals surface area contributed by atoms with Gasteiger partial charge in [0.2, 0.25) is 0 Å². The Morgan fingerprint density at radius 1 is 1.33 bits per heavy atom. The van der Waals surface area contributed by atoms with Gasteiger partial charge in [-0.1, -0.05) is 40.5 Å². The van der Waals surface area contributed by atoms with Crippen LogP contribution in [0.4, 0.5) is 0 Å². The fourth-order valence-electron chi connectivity index (χ4n) is 1.83. The van der Waals surface area contributed by atoms with Gasteiger partial charge in [0, 0.05) is 7.11 Å². The van der Waals surface area contributed by atoms with Crippen molar-refractivity contribution in [3.8, 4) is 0 Å². The molecule has 2 rings (SSSR count). The Balaban J connectivity index is 2.38. The summed E-state index contributed by atoms with van der Waals surface area (Å²) in [6.07, 6.45) is 0. The van der Waals surface area contributed by atoms with E-state index in [4.69, 9.17) is 27.9 Å². The Labute approximate surface area is 131 Å². The third kappa shape index (κ3) is 3.34. The highest BCUT2D eigenvalue weighted by atomic mass is 35.5. The number of rotatable bonds is 5. The lowest BCUT2D eigenvalue weighted by atomic mass is 10.2. The molecule has 21 heavy (non-hydrogen) atoms. The van der Waals surface area contributed by atoms with E-state index < -0.39 is 5.97 Å². The molecule has 112 valence electrons. The molecule has 2 aromatic rings. The number of ether oxygens (including phenoxy) is 2. The number of methoxy groups -OCH3 is 2. The van der Waals surface area contributed by atoms with Gasteiger partial charge in [-0.25, -0.2) is 9.48 Å². The van der Waals surface area contributed by atoms with Crippen LogP contribution in [0, 0.1) is 0 Å². The first kappa shape index (κ1) is 15.8. The van der Waals surface area contributed by atoms with Crippen LogP contribution in [0.5, 0.6) is 0 Å². The lowest BCUT2D eigenvalue weighted by molar-refractivity contribution is 0.0588. The largest absolute Gasteiger partial charge is 0.464 e. The van der Waals surface area contributed by atoms with Gasteiger partial charge < -0.3 is 9.47 Å². The highest BCUT2D eigenvalue weighted by molar-refractivity contribution is 6.42. The molecule has 0 radical (unpaired) electrons. The highest BCUT2D eigenvalue weighted by Gasteiger charge is 2.20. The van der Waals surface area contributed by atoms with Crippen molar-refractivity contribution in [2.24, 2.45) is 0 Å². The van der Waals surface area contributed by atoms with Crippen molar-refractivity contribution < 1.29 is 14.3 Å². The molecule has 0 atom stereocenters. The van der Waals surface area contributed by atoms with Crippen molar-refractivity contribution in [3.05, 3.63) is 45.2 Å². The fraction of sp³-hybridized carbons (Fsp3) is 0.308. The van der Waals surface area contributed by atoms with E-state index in [-0.39, 0.29) is 12.3 Å². The summed E-state index contributed by atoms with van der Waals surface area (Å²) < 4.78 is 11.3. The van der Waals surface area contributed by atoms with Crippen molar-refractivity contribution >= 4 is 29.2 Å². The average molecular weight is 330 g/mol. The summed E-state index contributed by atoms with van der Waals surface area (Å²) in [6, 6.07) is 5.31. The van der Waals surface area contributed by atoms with Gasteiger partial charge in [0.05, 0.1) is 36.0 Å². The molecule has 8 heteroatoms. The van der Waals surface area contributed by atoms with Gasteiger partial charge >= 0.3 is 5.97 Å². The maximum atomic E-state index is 11.7. The van der Waals surface area contributed by atoms with Crippen molar-refractivity contribution in [1.29, 1.82) is 0 Å². The van der Waals surface area contributed by atoms with Gasteiger partial charge in [-0.05, 0) is 11.6 Å². The van der Waals surface area contributed by atoms with E-state index in [2.05, 4.69) is 15.0 Å². The first-order valence-corrected chi connectivity index (χ1v) is 6.76. The third-order valence-electron chi connectivity index (χ3n) is 2.85. The normalized spacial score (nSPS) is 10.7.